The van der Waals surface area contributed by atoms with E-state index >= 15 is 0 Å². The van der Waals surface area contributed by atoms with Gasteiger partial charge in [0.1, 0.15) is 0 Å². The van der Waals surface area contributed by atoms with Crippen molar-refractivity contribution in [1.29, 1.82) is 0 Å². The second-order valence-electron chi connectivity index (χ2n) is 9.97. The van der Waals surface area contributed by atoms with Gasteiger partial charge in [-0.15, -0.1) is 23.1 Å². The van der Waals surface area contributed by atoms with Crippen LogP contribution in [0, 0.1) is 0 Å². The van der Waals surface area contributed by atoms with Crippen molar-refractivity contribution in [3.63, 3.8) is 0 Å². The summed E-state index contributed by atoms with van der Waals surface area (Å²) < 4.78 is 5.46. The summed E-state index contributed by atoms with van der Waals surface area (Å²) in [5.74, 6) is 1.02. The summed E-state index contributed by atoms with van der Waals surface area (Å²) in [7, 11) is -1.10. The third-order valence-electron chi connectivity index (χ3n) is 6.19. The van der Waals surface area contributed by atoms with E-state index in [1.165, 1.54) is 15.6 Å². The van der Waals surface area contributed by atoms with Crippen molar-refractivity contribution in [2.75, 3.05) is 12.5 Å². The lowest BCUT2D eigenvalue weighted by Crippen LogP contribution is -2.39. The van der Waals surface area contributed by atoms with E-state index in [-0.39, 0.29) is 5.54 Å². The number of hydrogen-bond donors (Lipinski definition) is 1. The molecule has 30 heavy (non-hydrogen) atoms. The normalized spacial score (nSPS) is 24.4. The Kier molecular flexibility index (Phi) is 4.94. The summed E-state index contributed by atoms with van der Waals surface area (Å²) in [6, 6.07) is 20.2. The number of thioether (sulfide) groups is 1. The molecule has 2 aromatic carbocycles. The zero-order chi connectivity index (χ0) is 21.3. The Morgan fingerprint density at radius 1 is 0.933 bits per heavy atom. The third-order valence-corrected chi connectivity index (χ3v) is 12.0. The molecule has 0 saturated carbocycles. The maximum atomic E-state index is 4.02. The molecule has 3 atom stereocenters. The molecule has 0 radical (unpaired) electrons. The van der Waals surface area contributed by atoms with Crippen LogP contribution in [0.25, 0.3) is 10.1 Å². The Hall–Kier alpha value is -1.20. The summed E-state index contributed by atoms with van der Waals surface area (Å²) in [6.45, 7) is 9.30. The van der Waals surface area contributed by atoms with Crippen LogP contribution in [0.1, 0.15) is 50.0 Å². The Labute approximate surface area is 190 Å². The molecule has 1 nitrogen and oxygen atoms in total. The number of nitrogens with one attached hydrogen (secondary N) is 1. The summed E-state index contributed by atoms with van der Waals surface area (Å²) in [6.07, 6.45) is 4.93. The van der Waals surface area contributed by atoms with Crippen LogP contribution in [0.2, 0.25) is 0 Å². The molecule has 0 saturated heterocycles. The van der Waals surface area contributed by atoms with Gasteiger partial charge in [-0.1, -0.05) is 54.1 Å². The Morgan fingerprint density at radius 2 is 1.60 bits per heavy atom. The van der Waals surface area contributed by atoms with Crippen molar-refractivity contribution in [1.82, 2.24) is 4.72 Å². The first kappa shape index (κ1) is 20.7. The summed E-state index contributed by atoms with van der Waals surface area (Å²) in [5.41, 5.74) is 3.17. The molecule has 0 amide bonds. The smallest absolute Gasteiger partial charge is 0.0486 e. The van der Waals surface area contributed by atoms with Crippen molar-refractivity contribution in [2.45, 2.75) is 55.2 Å². The van der Waals surface area contributed by atoms with Gasteiger partial charge in [0, 0.05) is 42.5 Å². The fourth-order valence-electron chi connectivity index (χ4n) is 5.54. The first-order valence-electron chi connectivity index (χ1n) is 10.6. The van der Waals surface area contributed by atoms with Crippen LogP contribution in [0.5, 0.6) is 0 Å². The van der Waals surface area contributed by atoms with Crippen LogP contribution in [-0.4, -0.2) is 23.3 Å². The zero-order valence-corrected chi connectivity index (χ0v) is 21.1. The summed E-state index contributed by atoms with van der Waals surface area (Å²) in [5, 5.41) is 2.00. The van der Waals surface area contributed by atoms with Gasteiger partial charge in [0.15, 0.2) is 0 Å². The summed E-state index contributed by atoms with van der Waals surface area (Å²) in [4.78, 5) is 4.84. The molecule has 1 N–H and O–H groups in total. The predicted octanol–water partition coefficient (Wildman–Crippen LogP) is 7.90. The van der Waals surface area contributed by atoms with E-state index in [0.29, 0.717) is 17.1 Å². The van der Waals surface area contributed by atoms with E-state index < -0.39 is 10.2 Å². The van der Waals surface area contributed by atoms with E-state index in [4.69, 9.17) is 0 Å². The molecule has 0 spiro atoms. The highest BCUT2D eigenvalue weighted by Gasteiger charge is 2.52. The summed E-state index contributed by atoms with van der Waals surface area (Å²) >= 11 is 4.17. The van der Waals surface area contributed by atoms with Crippen LogP contribution in [0.15, 0.2) is 70.0 Å². The van der Waals surface area contributed by atoms with Gasteiger partial charge in [-0.25, -0.2) is 0 Å². The maximum absolute atomic E-state index is 4.02. The predicted molar refractivity (Wildman–Crippen MR) is 138 cm³/mol. The van der Waals surface area contributed by atoms with Crippen LogP contribution in [0.3, 0.4) is 0 Å². The molecule has 2 heterocycles. The van der Waals surface area contributed by atoms with Gasteiger partial charge < -0.3 is 0 Å². The van der Waals surface area contributed by atoms with Crippen LogP contribution in [-0.2, 0) is 0 Å². The van der Waals surface area contributed by atoms with E-state index in [1.807, 2.05) is 11.3 Å². The van der Waals surface area contributed by atoms with Crippen LogP contribution >= 0.6 is 33.3 Å². The van der Waals surface area contributed by atoms with Crippen molar-refractivity contribution < 1.29 is 0 Å². The molecule has 2 aliphatic rings. The zero-order valence-electron chi connectivity index (χ0n) is 18.7. The highest BCUT2D eigenvalue weighted by Crippen LogP contribution is 2.70. The second kappa shape index (κ2) is 7.16. The Morgan fingerprint density at radius 3 is 2.30 bits per heavy atom. The van der Waals surface area contributed by atoms with E-state index in [0.717, 1.165) is 0 Å². The van der Waals surface area contributed by atoms with E-state index in [2.05, 4.69) is 111 Å². The molecule has 0 fully saturated rings. The minimum absolute atomic E-state index is 0.104. The van der Waals surface area contributed by atoms with Gasteiger partial charge in [0.25, 0.3) is 0 Å². The van der Waals surface area contributed by atoms with Gasteiger partial charge in [-0.3, -0.25) is 4.72 Å². The first-order chi connectivity index (χ1) is 14.2. The topological polar surface area (TPSA) is 12.0 Å². The number of hydrogen-bond acceptors (Lipinski definition) is 3. The van der Waals surface area contributed by atoms with E-state index in [9.17, 15) is 0 Å². The number of thiophene rings is 1. The Bertz CT molecular complexity index is 1130. The lowest BCUT2D eigenvalue weighted by Gasteiger charge is -2.43. The third kappa shape index (κ3) is 3.28. The van der Waals surface area contributed by atoms with Gasteiger partial charge in [-0.05, 0) is 56.7 Å². The molecular formula is C26H31NS3. The monoisotopic (exact) mass is 453 g/mol. The highest BCUT2D eigenvalue weighted by atomic mass is 32.3. The largest absolute Gasteiger partial charge is 0.272 e. The number of rotatable bonds is 3. The highest BCUT2D eigenvalue weighted by molar-refractivity contribution is 8.34. The molecule has 0 bridgehead atoms. The van der Waals surface area contributed by atoms with Crippen LogP contribution in [0.4, 0.5) is 0 Å². The lowest BCUT2D eigenvalue weighted by molar-refractivity contribution is 0.531. The molecule has 1 aliphatic carbocycles. The van der Waals surface area contributed by atoms with Gasteiger partial charge >= 0.3 is 0 Å². The average molecular weight is 454 g/mol. The standard InChI is InChI=1S/C26H31NS3/c1-16-20(17-12-8-7-9-13-17)21-23-22(18-14-10-11-15-19(18)28-23)29-24(21)25(16)30(5,6)27-26(2,3)4/h7-15,20-21,24,27H,1-6H3. The minimum atomic E-state index is -1.10. The number of fused-ring (bicyclic) bond motifs is 5. The molecule has 1 aliphatic heterocycles. The fraction of sp³-hybridized carbons (Fsp3) is 0.385. The lowest BCUT2D eigenvalue weighted by atomic mass is 9.84. The molecular weight excluding hydrogens is 422 g/mol. The van der Waals surface area contributed by atoms with E-state index in [1.54, 1.807) is 20.3 Å². The van der Waals surface area contributed by atoms with Gasteiger partial charge in [0.05, 0.1) is 0 Å². The maximum Gasteiger partial charge on any atom is 0.0486 e. The van der Waals surface area contributed by atoms with Gasteiger partial charge in [0.2, 0.25) is 0 Å². The molecule has 158 valence electrons. The van der Waals surface area contributed by atoms with Crippen molar-refractivity contribution >= 4 is 43.4 Å². The molecule has 1 aromatic heterocycles. The van der Waals surface area contributed by atoms with Gasteiger partial charge in [-0.2, -0.15) is 10.2 Å². The average Bonchev–Trinajstić information content (AvgIpc) is 3.27. The fourth-order valence-corrected chi connectivity index (χ4v) is 12.9. The van der Waals surface area contributed by atoms with Crippen LogP contribution < -0.4 is 4.72 Å². The van der Waals surface area contributed by atoms with Crippen molar-refractivity contribution in [3.8, 4) is 0 Å². The number of allylic oxidation sites excluding steroid dienone is 1. The Balaban J connectivity index is 1.68. The molecule has 3 unspecified atom stereocenters. The SMILES string of the molecule is CC1=C(S(C)(C)NC(C)(C)C)C2Sc3c(sc4ccccc34)C2C1c1ccccc1. The number of benzene rings is 2. The first-order valence-corrected chi connectivity index (χ1v) is 14.8. The second-order valence-corrected chi connectivity index (χ2v) is 15.5. The quantitative estimate of drug-likeness (QED) is 0.432. The molecule has 4 heteroatoms. The minimum Gasteiger partial charge on any atom is -0.272 e. The molecule has 5 rings (SSSR count). The molecule has 3 aromatic rings. The van der Waals surface area contributed by atoms with Crippen molar-refractivity contribution in [3.05, 3.63) is 75.5 Å². The van der Waals surface area contributed by atoms with Crippen molar-refractivity contribution in [2.24, 2.45) is 0 Å².